The van der Waals surface area contributed by atoms with E-state index in [0.717, 1.165) is 12.5 Å². The maximum atomic E-state index is 2.41. The van der Waals surface area contributed by atoms with Crippen molar-refractivity contribution in [2.45, 2.75) is 59.0 Å². The molecule has 0 aliphatic carbocycles. The van der Waals surface area contributed by atoms with E-state index in [2.05, 4.69) is 27.7 Å². The molecule has 0 N–H and O–H groups in total. The summed E-state index contributed by atoms with van der Waals surface area (Å²) in [5, 5.41) is 0. The van der Waals surface area contributed by atoms with Crippen LogP contribution in [0.3, 0.4) is 0 Å². The van der Waals surface area contributed by atoms with Crippen molar-refractivity contribution in [3.05, 3.63) is 0 Å². The van der Waals surface area contributed by atoms with Gasteiger partial charge in [0.15, 0.2) is 0 Å². The molecule has 1 rings (SSSR count). The lowest BCUT2D eigenvalue weighted by Gasteiger charge is -2.34. The fourth-order valence-electron chi connectivity index (χ4n) is 2.09. The minimum absolute atomic E-state index is 0.644. The zero-order valence-corrected chi connectivity index (χ0v) is 8.48. The van der Waals surface area contributed by atoms with Crippen molar-refractivity contribution in [2.24, 2.45) is 5.41 Å². The molecule has 0 bridgehead atoms. The average Bonchev–Trinajstić information content (AvgIpc) is 1.86. The highest BCUT2D eigenvalue weighted by atomic mass is 14.2. The highest BCUT2D eigenvalue weighted by molar-refractivity contribution is 6.60. The van der Waals surface area contributed by atoms with Gasteiger partial charge in [-0.3, -0.25) is 0 Å². The van der Waals surface area contributed by atoms with Gasteiger partial charge in [-0.05, 0) is 5.41 Å². The van der Waals surface area contributed by atoms with Crippen LogP contribution in [0.2, 0.25) is 18.5 Å². The van der Waals surface area contributed by atoms with Crippen LogP contribution >= 0.6 is 0 Å². The highest BCUT2D eigenvalue weighted by Crippen LogP contribution is 2.38. The number of hydrogen-bond acceptors (Lipinski definition) is 0. The van der Waals surface area contributed by atoms with Gasteiger partial charge in [-0.2, -0.15) is 0 Å². The van der Waals surface area contributed by atoms with Crippen LogP contribution in [0.1, 0.15) is 40.5 Å². The van der Waals surface area contributed by atoms with E-state index in [1.54, 1.807) is 0 Å². The summed E-state index contributed by atoms with van der Waals surface area (Å²) in [6, 6.07) is 0. The maximum Gasteiger partial charge on any atom is 0.142 e. The predicted octanol–water partition coefficient (Wildman–Crippen LogP) is 3.71. The van der Waals surface area contributed by atoms with E-state index >= 15 is 0 Å². The predicted molar refractivity (Wildman–Crippen MR) is 53.5 cm³/mol. The van der Waals surface area contributed by atoms with Gasteiger partial charge in [-0.15, -0.1) is 0 Å². The Hall–Kier alpha value is 0.0649. The SMILES string of the molecule is CC(C)B1CCC(C)(C)CC1. The van der Waals surface area contributed by atoms with E-state index in [1.165, 1.54) is 25.5 Å². The molecule has 1 saturated heterocycles. The van der Waals surface area contributed by atoms with Crippen LogP contribution in [0.5, 0.6) is 0 Å². The molecule has 0 aromatic heterocycles. The zero-order valence-electron chi connectivity index (χ0n) is 8.48. The van der Waals surface area contributed by atoms with Crippen LogP contribution in [0.15, 0.2) is 0 Å². The summed E-state index contributed by atoms with van der Waals surface area (Å²) in [5.41, 5.74) is 0.644. The summed E-state index contributed by atoms with van der Waals surface area (Å²) < 4.78 is 0. The first kappa shape index (κ1) is 9.16. The van der Waals surface area contributed by atoms with Crippen molar-refractivity contribution >= 4 is 6.71 Å². The molecule has 0 spiro atoms. The van der Waals surface area contributed by atoms with E-state index in [-0.39, 0.29) is 0 Å². The first-order chi connectivity index (χ1) is 5.01. The summed E-state index contributed by atoms with van der Waals surface area (Å²) in [5.74, 6) is 0.908. The molecule has 11 heavy (non-hydrogen) atoms. The fourth-order valence-corrected chi connectivity index (χ4v) is 2.09. The molecule has 0 unspecified atom stereocenters. The van der Waals surface area contributed by atoms with E-state index in [9.17, 15) is 0 Å². The minimum atomic E-state index is 0.644. The molecule has 0 atom stereocenters. The highest BCUT2D eigenvalue weighted by Gasteiger charge is 2.29. The van der Waals surface area contributed by atoms with E-state index < -0.39 is 0 Å². The second-order valence-corrected chi connectivity index (χ2v) is 5.25. The third-order valence-corrected chi connectivity index (χ3v) is 3.33. The van der Waals surface area contributed by atoms with Crippen molar-refractivity contribution in [2.75, 3.05) is 0 Å². The second-order valence-electron chi connectivity index (χ2n) is 5.25. The molecule has 0 radical (unpaired) electrons. The van der Waals surface area contributed by atoms with Gasteiger partial charge in [0.1, 0.15) is 6.71 Å². The quantitative estimate of drug-likeness (QED) is 0.502. The third-order valence-electron chi connectivity index (χ3n) is 3.33. The van der Waals surface area contributed by atoms with E-state index in [0.29, 0.717) is 5.41 Å². The second kappa shape index (κ2) is 3.20. The summed E-state index contributed by atoms with van der Waals surface area (Å²) >= 11 is 0. The van der Waals surface area contributed by atoms with Crippen molar-refractivity contribution in [1.82, 2.24) is 0 Å². The van der Waals surface area contributed by atoms with E-state index in [4.69, 9.17) is 0 Å². The van der Waals surface area contributed by atoms with Crippen molar-refractivity contribution in [3.8, 4) is 0 Å². The van der Waals surface area contributed by atoms with Gasteiger partial charge < -0.3 is 0 Å². The molecule has 64 valence electrons. The standard InChI is InChI=1S/C10H21B/c1-9(2)11-7-5-10(3,4)6-8-11/h9H,5-8H2,1-4H3. The summed E-state index contributed by atoms with van der Waals surface area (Å²) in [7, 11) is 0. The number of rotatable bonds is 1. The molecule has 1 aliphatic rings. The Morgan fingerprint density at radius 1 is 1.09 bits per heavy atom. The van der Waals surface area contributed by atoms with Crippen LogP contribution < -0.4 is 0 Å². The minimum Gasteiger partial charge on any atom is -0.0734 e. The summed E-state index contributed by atoms with van der Waals surface area (Å²) in [4.78, 5) is 0. The fraction of sp³-hybridized carbons (Fsp3) is 1.00. The van der Waals surface area contributed by atoms with Crippen molar-refractivity contribution in [3.63, 3.8) is 0 Å². The normalized spacial score (nSPS) is 24.3. The molecule has 1 heterocycles. The van der Waals surface area contributed by atoms with Gasteiger partial charge in [-0.1, -0.05) is 59.0 Å². The Balaban J connectivity index is 2.36. The Bertz CT molecular complexity index is 117. The van der Waals surface area contributed by atoms with Crippen LogP contribution in [-0.2, 0) is 0 Å². The molecule has 0 nitrogen and oxygen atoms in total. The van der Waals surface area contributed by atoms with Crippen LogP contribution in [0.4, 0.5) is 0 Å². The molecule has 1 heteroatoms. The van der Waals surface area contributed by atoms with Crippen LogP contribution in [0.25, 0.3) is 0 Å². The maximum absolute atomic E-state index is 2.41. The first-order valence-corrected chi connectivity index (χ1v) is 5.01. The monoisotopic (exact) mass is 152 g/mol. The van der Waals surface area contributed by atoms with Gasteiger partial charge >= 0.3 is 0 Å². The van der Waals surface area contributed by atoms with Gasteiger partial charge in [0.2, 0.25) is 0 Å². The first-order valence-electron chi connectivity index (χ1n) is 5.01. The summed E-state index contributed by atoms with van der Waals surface area (Å²) in [6.07, 6.45) is 5.81. The smallest absolute Gasteiger partial charge is 0.0734 e. The van der Waals surface area contributed by atoms with Crippen molar-refractivity contribution in [1.29, 1.82) is 0 Å². The number of hydrogen-bond donors (Lipinski definition) is 0. The lowest BCUT2D eigenvalue weighted by molar-refractivity contribution is 0.321. The van der Waals surface area contributed by atoms with Crippen molar-refractivity contribution < 1.29 is 0 Å². The largest absolute Gasteiger partial charge is 0.142 e. The van der Waals surface area contributed by atoms with Gasteiger partial charge in [0, 0.05) is 0 Å². The molecular weight excluding hydrogens is 131 g/mol. The molecular formula is C10H21B. The molecule has 0 amide bonds. The third kappa shape index (κ3) is 2.54. The lowest BCUT2D eigenvalue weighted by atomic mass is 9.33. The summed E-state index contributed by atoms with van der Waals surface area (Å²) in [6.45, 7) is 10.6. The Morgan fingerprint density at radius 2 is 1.55 bits per heavy atom. The van der Waals surface area contributed by atoms with Gasteiger partial charge in [0.05, 0.1) is 0 Å². The van der Waals surface area contributed by atoms with Gasteiger partial charge in [0.25, 0.3) is 0 Å². The van der Waals surface area contributed by atoms with Gasteiger partial charge in [-0.25, -0.2) is 0 Å². The Kier molecular flexibility index (Phi) is 2.67. The molecule has 1 fully saturated rings. The molecule has 0 aromatic carbocycles. The molecule has 1 aliphatic heterocycles. The Labute approximate surface area is 71.8 Å². The van der Waals surface area contributed by atoms with Crippen LogP contribution in [0, 0.1) is 5.41 Å². The topological polar surface area (TPSA) is 0 Å². The average molecular weight is 152 g/mol. The molecule has 0 aromatic rings. The molecule has 0 saturated carbocycles. The zero-order chi connectivity index (χ0) is 8.48. The Morgan fingerprint density at radius 3 is 1.91 bits per heavy atom. The van der Waals surface area contributed by atoms with Crippen LogP contribution in [-0.4, -0.2) is 6.71 Å². The lowest BCUT2D eigenvalue weighted by Crippen LogP contribution is -2.28. The van der Waals surface area contributed by atoms with E-state index in [1.807, 2.05) is 0 Å².